The zero-order chi connectivity index (χ0) is 20.6. The molecule has 154 valence electrons. The third kappa shape index (κ3) is 6.41. The topological polar surface area (TPSA) is 72.9 Å². The molecule has 6 nitrogen and oxygen atoms in total. The molecule has 29 heavy (non-hydrogen) atoms. The normalized spacial score (nSPS) is 15.4. The monoisotopic (exact) mass is 395 g/mol. The van der Waals surface area contributed by atoms with Crippen molar-refractivity contribution in [1.82, 2.24) is 9.80 Å². The SMILES string of the molecule is CN(CC(=O)O)C1CCN(CC(=O)Nc2ccccc2Cc2ccccc2)CC1. The molecule has 6 heteroatoms. The zero-order valence-electron chi connectivity index (χ0n) is 16.9. The van der Waals surface area contributed by atoms with Crippen LogP contribution in [0.15, 0.2) is 54.6 Å². The van der Waals surface area contributed by atoms with Gasteiger partial charge in [0.05, 0.1) is 13.1 Å². The first-order chi connectivity index (χ1) is 14.0. The van der Waals surface area contributed by atoms with Gasteiger partial charge in [-0.2, -0.15) is 0 Å². The Labute approximate surface area is 172 Å². The van der Waals surface area contributed by atoms with E-state index < -0.39 is 5.97 Å². The van der Waals surface area contributed by atoms with E-state index in [4.69, 9.17) is 5.11 Å². The van der Waals surface area contributed by atoms with Gasteiger partial charge in [-0.1, -0.05) is 48.5 Å². The Morgan fingerprint density at radius 2 is 1.72 bits per heavy atom. The van der Waals surface area contributed by atoms with Crippen LogP contribution in [0, 0.1) is 0 Å². The first kappa shape index (κ1) is 21.0. The quantitative estimate of drug-likeness (QED) is 0.719. The molecule has 1 saturated heterocycles. The Kier molecular flexibility index (Phi) is 7.38. The van der Waals surface area contributed by atoms with Crippen LogP contribution in [0.25, 0.3) is 0 Å². The molecule has 2 aromatic carbocycles. The van der Waals surface area contributed by atoms with Gasteiger partial charge in [0.25, 0.3) is 0 Å². The summed E-state index contributed by atoms with van der Waals surface area (Å²) >= 11 is 0. The second-order valence-corrected chi connectivity index (χ2v) is 7.68. The number of hydrogen-bond acceptors (Lipinski definition) is 4. The zero-order valence-corrected chi connectivity index (χ0v) is 16.9. The average molecular weight is 396 g/mol. The van der Waals surface area contributed by atoms with Gasteiger partial charge < -0.3 is 10.4 Å². The summed E-state index contributed by atoms with van der Waals surface area (Å²) in [5.74, 6) is -0.814. The van der Waals surface area contributed by atoms with E-state index in [1.54, 1.807) is 0 Å². The molecule has 3 rings (SSSR count). The number of rotatable bonds is 8. The molecule has 0 saturated carbocycles. The Bertz CT molecular complexity index is 817. The van der Waals surface area contributed by atoms with Crippen LogP contribution in [-0.4, -0.2) is 66.1 Å². The molecule has 2 N–H and O–H groups in total. The number of carbonyl (C=O) groups is 2. The smallest absolute Gasteiger partial charge is 0.317 e. The predicted molar refractivity (Wildman–Crippen MR) is 114 cm³/mol. The number of carboxylic acid groups (broad SMARTS) is 1. The number of aliphatic carboxylic acids is 1. The number of piperidine rings is 1. The number of amides is 1. The van der Waals surface area contributed by atoms with E-state index in [0.717, 1.165) is 43.6 Å². The maximum Gasteiger partial charge on any atom is 0.317 e. The van der Waals surface area contributed by atoms with Gasteiger partial charge in [0.1, 0.15) is 0 Å². The van der Waals surface area contributed by atoms with Gasteiger partial charge in [-0.05, 0) is 43.5 Å². The van der Waals surface area contributed by atoms with Crippen LogP contribution < -0.4 is 5.32 Å². The number of carbonyl (C=O) groups excluding carboxylic acids is 1. The van der Waals surface area contributed by atoms with Crippen LogP contribution in [0.5, 0.6) is 0 Å². The number of para-hydroxylation sites is 1. The lowest BCUT2D eigenvalue weighted by atomic mass is 10.0. The van der Waals surface area contributed by atoms with Crippen molar-refractivity contribution < 1.29 is 14.7 Å². The second-order valence-electron chi connectivity index (χ2n) is 7.68. The van der Waals surface area contributed by atoms with Crippen molar-refractivity contribution in [3.63, 3.8) is 0 Å². The number of anilines is 1. The number of likely N-dealkylation sites (tertiary alicyclic amines) is 1. The number of likely N-dealkylation sites (N-methyl/N-ethyl adjacent to an activating group) is 1. The molecule has 1 amide bonds. The number of nitrogens with zero attached hydrogens (tertiary/aromatic N) is 2. The Hall–Kier alpha value is -2.70. The van der Waals surface area contributed by atoms with Crippen molar-refractivity contribution in [2.45, 2.75) is 25.3 Å². The number of carboxylic acids is 1. The highest BCUT2D eigenvalue weighted by Gasteiger charge is 2.24. The second kappa shape index (κ2) is 10.2. The van der Waals surface area contributed by atoms with E-state index in [2.05, 4.69) is 22.3 Å². The van der Waals surface area contributed by atoms with Crippen LogP contribution in [-0.2, 0) is 16.0 Å². The molecule has 0 unspecified atom stereocenters. The van der Waals surface area contributed by atoms with Crippen LogP contribution in [0.2, 0.25) is 0 Å². The highest BCUT2D eigenvalue weighted by Crippen LogP contribution is 2.20. The highest BCUT2D eigenvalue weighted by atomic mass is 16.4. The number of nitrogens with one attached hydrogen (secondary N) is 1. The minimum Gasteiger partial charge on any atom is -0.480 e. The standard InChI is InChI=1S/C23H29N3O3/c1-25(17-23(28)29)20-11-13-26(14-12-20)16-22(27)24-21-10-6-5-9-19(21)15-18-7-3-2-4-8-18/h2-10,20H,11-17H2,1H3,(H,24,27)(H,28,29). The van der Waals surface area contributed by atoms with Gasteiger partial charge in [-0.25, -0.2) is 0 Å². The van der Waals surface area contributed by atoms with Crippen molar-refractivity contribution in [2.24, 2.45) is 0 Å². The fraction of sp³-hybridized carbons (Fsp3) is 0.391. The summed E-state index contributed by atoms with van der Waals surface area (Å²) in [6.07, 6.45) is 2.53. The molecule has 0 bridgehead atoms. The maximum absolute atomic E-state index is 12.6. The van der Waals surface area contributed by atoms with Gasteiger partial charge in [-0.15, -0.1) is 0 Å². The van der Waals surface area contributed by atoms with Crippen molar-refractivity contribution in [2.75, 3.05) is 38.5 Å². The van der Waals surface area contributed by atoms with Crippen LogP contribution >= 0.6 is 0 Å². The fourth-order valence-corrected chi connectivity index (χ4v) is 3.87. The molecular formula is C23H29N3O3. The molecule has 1 aliphatic rings. The van der Waals surface area contributed by atoms with Crippen LogP contribution in [0.1, 0.15) is 24.0 Å². The van der Waals surface area contributed by atoms with Crippen molar-refractivity contribution in [1.29, 1.82) is 0 Å². The van der Waals surface area contributed by atoms with Crippen molar-refractivity contribution >= 4 is 17.6 Å². The van der Waals surface area contributed by atoms with Crippen LogP contribution in [0.3, 0.4) is 0 Å². The summed E-state index contributed by atoms with van der Waals surface area (Å²) in [6.45, 7) is 2.01. The molecular weight excluding hydrogens is 366 g/mol. The Balaban J connectivity index is 1.51. The van der Waals surface area contributed by atoms with Crippen molar-refractivity contribution in [3.8, 4) is 0 Å². The number of hydrogen-bond donors (Lipinski definition) is 2. The summed E-state index contributed by atoms with van der Waals surface area (Å²) in [5.41, 5.74) is 3.17. The summed E-state index contributed by atoms with van der Waals surface area (Å²) in [7, 11) is 1.85. The van der Waals surface area contributed by atoms with Gasteiger partial charge in [0.2, 0.25) is 5.91 Å². The summed E-state index contributed by atoms with van der Waals surface area (Å²) in [6, 6.07) is 18.4. The van der Waals surface area contributed by atoms with Crippen LogP contribution in [0.4, 0.5) is 5.69 Å². The first-order valence-electron chi connectivity index (χ1n) is 10.1. The minimum absolute atomic E-state index is 0.0112. The number of benzene rings is 2. The van der Waals surface area contributed by atoms with E-state index in [1.807, 2.05) is 54.4 Å². The predicted octanol–water partition coefficient (Wildman–Crippen LogP) is 2.70. The van der Waals surface area contributed by atoms with E-state index in [0.29, 0.717) is 6.54 Å². The lowest BCUT2D eigenvalue weighted by Crippen LogP contribution is -2.46. The Morgan fingerprint density at radius 3 is 2.41 bits per heavy atom. The van der Waals surface area contributed by atoms with Gasteiger partial charge in [0.15, 0.2) is 0 Å². The third-order valence-corrected chi connectivity index (χ3v) is 5.46. The molecule has 1 aliphatic heterocycles. The van der Waals surface area contributed by atoms with E-state index in [-0.39, 0.29) is 18.5 Å². The third-order valence-electron chi connectivity index (χ3n) is 5.46. The van der Waals surface area contributed by atoms with Crippen molar-refractivity contribution in [3.05, 3.63) is 65.7 Å². The Morgan fingerprint density at radius 1 is 1.07 bits per heavy atom. The molecule has 0 spiro atoms. The maximum atomic E-state index is 12.6. The summed E-state index contributed by atoms with van der Waals surface area (Å²) < 4.78 is 0. The largest absolute Gasteiger partial charge is 0.480 e. The fourth-order valence-electron chi connectivity index (χ4n) is 3.87. The summed E-state index contributed by atoms with van der Waals surface area (Å²) in [5, 5.41) is 12.0. The first-order valence-corrected chi connectivity index (χ1v) is 10.1. The molecule has 0 aromatic heterocycles. The van der Waals surface area contributed by atoms with E-state index >= 15 is 0 Å². The molecule has 1 heterocycles. The summed E-state index contributed by atoms with van der Waals surface area (Å²) in [4.78, 5) is 27.5. The molecule has 2 aromatic rings. The van der Waals surface area contributed by atoms with Gasteiger partial charge in [0, 0.05) is 24.8 Å². The van der Waals surface area contributed by atoms with E-state index in [9.17, 15) is 9.59 Å². The van der Waals surface area contributed by atoms with Gasteiger partial charge in [-0.3, -0.25) is 19.4 Å². The van der Waals surface area contributed by atoms with E-state index in [1.165, 1.54) is 5.56 Å². The molecule has 0 aliphatic carbocycles. The highest BCUT2D eigenvalue weighted by molar-refractivity contribution is 5.93. The molecule has 0 atom stereocenters. The minimum atomic E-state index is -0.802. The lowest BCUT2D eigenvalue weighted by Gasteiger charge is -2.35. The average Bonchev–Trinajstić information content (AvgIpc) is 2.70. The lowest BCUT2D eigenvalue weighted by molar-refractivity contribution is -0.138. The van der Waals surface area contributed by atoms with Gasteiger partial charge >= 0.3 is 5.97 Å². The molecule has 1 fully saturated rings. The molecule has 0 radical (unpaired) electrons.